The number of nitrogens with zero attached hydrogens (tertiary/aromatic N) is 3. The summed E-state index contributed by atoms with van der Waals surface area (Å²) in [6.45, 7) is 4.02. The van der Waals surface area contributed by atoms with E-state index >= 15 is 0 Å². The van der Waals surface area contributed by atoms with Gasteiger partial charge in [-0.05, 0) is 37.1 Å². The van der Waals surface area contributed by atoms with Crippen molar-refractivity contribution in [2.24, 2.45) is 0 Å². The number of benzene rings is 2. The number of carbonyl (C=O) groups is 1. The minimum Gasteiger partial charge on any atom is -0.481 e. The molecule has 35 heavy (non-hydrogen) atoms. The third-order valence-corrected chi connectivity index (χ3v) is 6.58. The van der Waals surface area contributed by atoms with Crippen LogP contribution in [0.25, 0.3) is 22.1 Å². The van der Waals surface area contributed by atoms with Crippen molar-refractivity contribution < 1.29 is 14.6 Å². The number of carboxylic acids is 1. The largest absolute Gasteiger partial charge is 0.481 e. The van der Waals surface area contributed by atoms with E-state index in [1.165, 1.54) is 11.7 Å². The van der Waals surface area contributed by atoms with Crippen molar-refractivity contribution in [3.8, 4) is 5.88 Å². The molecule has 2 N–H and O–H groups in total. The second-order valence-corrected chi connectivity index (χ2v) is 8.66. The van der Waals surface area contributed by atoms with Crippen LogP contribution >= 0.6 is 0 Å². The molecule has 0 radical (unpaired) electrons. The predicted octanol–water partition coefficient (Wildman–Crippen LogP) is 4.67. The fourth-order valence-electron chi connectivity index (χ4n) is 4.93. The Hall–Kier alpha value is -4.33. The number of imidazole rings is 1. The van der Waals surface area contributed by atoms with Gasteiger partial charge in [-0.25, -0.2) is 4.79 Å². The molecule has 178 valence electrons. The maximum atomic E-state index is 14.1. The average molecular weight is 471 g/mol. The molecule has 0 aliphatic rings. The number of rotatable bonds is 7. The van der Waals surface area contributed by atoms with Crippen molar-refractivity contribution in [3.05, 3.63) is 94.0 Å². The summed E-state index contributed by atoms with van der Waals surface area (Å²) < 4.78 is 8.52. The molecule has 2 atom stereocenters. The number of aryl methyl sites for hydroxylation is 1. The molecule has 0 aliphatic carbocycles. The summed E-state index contributed by atoms with van der Waals surface area (Å²) >= 11 is 0. The molecule has 0 spiro atoms. The van der Waals surface area contributed by atoms with Crippen LogP contribution in [0.15, 0.2) is 71.7 Å². The lowest BCUT2D eigenvalue weighted by molar-refractivity contribution is -0.137. The van der Waals surface area contributed by atoms with Crippen LogP contribution in [0.2, 0.25) is 0 Å². The Morgan fingerprint density at radius 1 is 1.09 bits per heavy atom. The van der Waals surface area contributed by atoms with Crippen molar-refractivity contribution in [3.63, 3.8) is 0 Å². The summed E-state index contributed by atoms with van der Waals surface area (Å²) in [5.41, 5.74) is 4.46. The molecule has 2 unspecified atom stereocenters. The number of aromatic amines is 1. The highest BCUT2D eigenvalue weighted by molar-refractivity contribution is 5.87. The van der Waals surface area contributed by atoms with Gasteiger partial charge in [0, 0.05) is 28.7 Å². The fourth-order valence-corrected chi connectivity index (χ4v) is 4.93. The van der Waals surface area contributed by atoms with E-state index in [0.717, 1.165) is 27.6 Å². The van der Waals surface area contributed by atoms with Crippen LogP contribution in [0.4, 0.5) is 0 Å². The van der Waals surface area contributed by atoms with Crippen LogP contribution in [0.5, 0.6) is 5.88 Å². The molecule has 5 aromatic rings. The van der Waals surface area contributed by atoms with Gasteiger partial charge in [0.15, 0.2) is 5.65 Å². The topological polar surface area (TPSA) is 102 Å². The zero-order chi connectivity index (χ0) is 24.7. The predicted molar refractivity (Wildman–Crippen MR) is 134 cm³/mol. The summed E-state index contributed by atoms with van der Waals surface area (Å²) in [7, 11) is 1.51. The normalized spacial score (nSPS) is 13.2. The minimum absolute atomic E-state index is 0.261. The van der Waals surface area contributed by atoms with Gasteiger partial charge in [0.05, 0.1) is 31.1 Å². The highest BCUT2D eigenvalue weighted by Gasteiger charge is 2.28. The molecule has 0 saturated carbocycles. The zero-order valence-electron chi connectivity index (χ0n) is 19.7. The Morgan fingerprint density at radius 2 is 1.86 bits per heavy atom. The Balaban J connectivity index is 1.79. The van der Waals surface area contributed by atoms with Gasteiger partial charge in [-0.3, -0.25) is 13.9 Å². The van der Waals surface area contributed by atoms with Crippen LogP contribution < -0.4 is 10.4 Å². The van der Waals surface area contributed by atoms with Gasteiger partial charge < -0.3 is 14.8 Å². The molecule has 0 bridgehead atoms. The molecule has 8 nitrogen and oxygen atoms in total. The number of fused-ring (bicyclic) bond motifs is 2. The van der Waals surface area contributed by atoms with Gasteiger partial charge in [-0.1, -0.05) is 42.5 Å². The standard InChI is InChI=1S/C27H26N4O4/c1-16-8-7-11-20-25(16)19(15-28-20)17(2)30-21-12-13-23(35-3)29-26(21)31(27(30)34)22(14-24(32)33)18-9-5-4-6-10-18/h4-13,15,17,22,28H,14H2,1-3H3,(H,32,33). The summed E-state index contributed by atoms with van der Waals surface area (Å²) in [6, 6.07) is 17.7. The smallest absolute Gasteiger partial charge is 0.331 e. The Morgan fingerprint density at radius 3 is 2.57 bits per heavy atom. The molecular formula is C27H26N4O4. The molecule has 0 amide bonds. The van der Waals surface area contributed by atoms with E-state index in [0.29, 0.717) is 17.0 Å². The molecule has 0 saturated heterocycles. The van der Waals surface area contributed by atoms with Gasteiger partial charge in [0.1, 0.15) is 0 Å². The highest BCUT2D eigenvalue weighted by atomic mass is 16.5. The number of nitrogens with one attached hydrogen (secondary N) is 1. The highest BCUT2D eigenvalue weighted by Crippen LogP contribution is 2.32. The van der Waals surface area contributed by atoms with Crippen molar-refractivity contribution >= 4 is 28.0 Å². The number of aromatic nitrogens is 4. The molecule has 8 heteroatoms. The second-order valence-electron chi connectivity index (χ2n) is 8.66. The molecule has 0 fully saturated rings. The molecule has 5 rings (SSSR count). The lowest BCUT2D eigenvalue weighted by Crippen LogP contribution is -2.31. The van der Waals surface area contributed by atoms with Crippen molar-refractivity contribution in [1.82, 2.24) is 19.1 Å². The van der Waals surface area contributed by atoms with Gasteiger partial charge in [0.25, 0.3) is 0 Å². The summed E-state index contributed by atoms with van der Waals surface area (Å²) in [5, 5.41) is 10.8. The van der Waals surface area contributed by atoms with Crippen LogP contribution in [-0.4, -0.2) is 37.3 Å². The maximum absolute atomic E-state index is 14.1. The lowest BCUT2D eigenvalue weighted by Gasteiger charge is -2.17. The van der Waals surface area contributed by atoms with Crippen LogP contribution in [-0.2, 0) is 4.79 Å². The number of hydrogen-bond acceptors (Lipinski definition) is 4. The monoisotopic (exact) mass is 470 g/mol. The van der Waals surface area contributed by atoms with Crippen LogP contribution in [0.1, 0.15) is 42.1 Å². The second kappa shape index (κ2) is 8.79. The van der Waals surface area contributed by atoms with E-state index in [1.807, 2.05) is 68.6 Å². The van der Waals surface area contributed by atoms with Gasteiger partial charge >= 0.3 is 11.7 Å². The number of carboxylic acid groups (broad SMARTS) is 1. The van der Waals surface area contributed by atoms with Gasteiger partial charge in [-0.15, -0.1) is 0 Å². The molecule has 2 aromatic carbocycles. The molecule has 3 aromatic heterocycles. The van der Waals surface area contributed by atoms with Crippen molar-refractivity contribution in [2.45, 2.75) is 32.4 Å². The van der Waals surface area contributed by atoms with E-state index < -0.39 is 12.0 Å². The number of pyridine rings is 1. The zero-order valence-corrected chi connectivity index (χ0v) is 19.7. The quantitative estimate of drug-likeness (QED) is 0.360. The lowest BCUT2D eigenvalue weighted by atomic mass is 10.0. The average Bonchev–Trinajstić information content (AvgIpc) is 3.42. The number of H-pyrrole nitrogens is 1. The Labute approximate surface area is 201 Å². The first-order valence-corrected chi connectivity index (χ1v) is 11.4. The number of ether oxygens (including phenoxy) is 1. The third kappa shape index (κ3) is 3.77. The first-order valence-electron chi connectivity index (χ1n) is 11.4. The van der Waals surface area contributed by atoms with Crippen LogP contribution in [0, 0.1) is 6.92 Å². The number of methoxy groups -OCH3 is 1. The molecule has 3 heterocycles. The van der Waals surface area contributed by atoms with E-state index in [4.69, 9.17) is 4.74 Å². The number of hydrogen-bond donors (Lipinski definition) is 2. The van der Waals surface area contributed by atoms with E-state index in [-0.39, 0.29) is 18.2 Å². The van der Waals surface area contributed by atoms with Crippen LogP contribution in [0.3, 0.4) is 0 Å². The minimum atomic E-state index is -1.00. The Kier molecular flexibility index (Phi) is 5.64. The summed E-state index contributed by atoms with van der Waals surface area (Å²) in [5.74, 6) is -0.657. The fraction of sp³-hybridized carbons (Fsp3) is 0.222. The SMILES string of the molecule is COc1ccc2c(n1)n(C(CC(=O)O)c1ccccc1)c(=O)n2C(C)c1c[nH]c2cccc(C)c12. The molecular weight excluding hydrogens is 444 g/mol. The first-order chi connectivity index (χ1) is 16.9. The van der Waals surface area contributed by atoms with Gasteiger partial charge in [0.2, 0.25) is 5.88 Å². The maximum Gasteiger partial charge on any atom is 0.331 e. The summed E-state index contributed by atoms with van der Waals surface area (Å²) in [6.07, 6.45) is 1.67. The first kappa shape index (κ1) is 22.5. The molecule has 0 aliphatic heterocycles. The van der Waals surface area contributed by atoms with Gasteiger partial charge in [-0.2, -0.15) is 4.98 Å². The van der Waals surface area contributed by atoms with E-state index in [2.05, 4.69) is 9.97 Å². The Bertz CT molecular complexity index is 1600. The van der Waals surface area contributed by atoms with Crippen molar-refractivity contribution in [1.29, 1.82) is 0 Å². The third-order valence-electron chi connectivity index (χ3n) is 6.58. The van der Waals surface area contributed by atoms with E-state index in [9.17, 15) is 14.7 Å². The van der Waals surface area contributed by atoms with E-state index in [1.54, 1.807) is 16.7 Å². The number of aliphatic carboxylic acids is 1. The van der Waals surface area contributed by atoms with Crippen molar-refractivity contribution in [2.75, 3.05) is 7.11 Å². The summed E-state index contributed by atoms with van der Waals surface area (Å²) in [4.78, 5) is 33.9.